The number of amides is 3. The molecule has 2 aliphatic heterocycles. The molecule has 28 heavy (non-hydrogen) atoms. The summed E-state index contributed by atoms with van der Waals surface area (Å²) in [4.78, 5) is 37.4. The first-order valence-corrected chi connectivity index (χ1v) is 9.21. The van der Waals surface area contributed by atoms with Gasteiger partial charge in [-0.15, -0.1) is 4.28 Å². The number of fused-ring (bicyclic) bond motifs is 2. The standard InChI is InChI=1S/C14H16N4O9S/c1-7-2-9(16-5-10(7)18(14(16)22)27-28(24,25)26)13(21)15-4-8-3-11(19)12(20)6-17(8)23/h2-3,6,9-10,20,23H,4-5H2,1H3,(H,15,21)(H,24,25,26)/t9-,10-/m0/s1. The third kappa shape index (κ3) is 3.64. The van der Waals surface area contributed by atoms with Gasteiger partial charge >= 0.3 is 16.4 Å². The van der Waals surface area contributed by atoms with E-state index in [0.717, 1.165) is 17.2 Å². The lowest BCUT2D eigenvalue weighted by atomic mass is 10.0. The van der Waals surface area contributed by atoms with Crippen LogP contribution in [-0.2, 0) is 26.0 Å². The van der Waals surface area contributed by atoms with E-state index in [-0.39, 0.29) is 18.8 Å². The average Bonchev–Trinajstić information content (AvgIpc) is 2.85. The first kappa shape index (κ1) is 19.7. The zero-order valence-electron chi connectivity index (χ0n) is 14.3. The molecule has 4 N–H and O–H groups in total. The minimum absolute atomic E-state index is 0.0189. The third-order valence-electron chi connectivity index (χ3n) is 4.34. The van der Waals surface area contributed by atoms with Gasteiger partial charge in [0.05, 0.1) is 25.0 Å². The second-order valence-corrected chi connectivity index (χ2v) is 7.22. The van der Waals surface area contributed by atoms with Crippen LogP contribution in [0, 0.1) is 0 Å². The molecule has 0 aliphatic carbocycles. The molecule has 3 rings (SSSR count). The average molecular weight is 416 g/mol. The van der Waals surface area contributed by atoms with E-state index < -0.39 is 45.6 Å². The molecule has 0 saturated carbocycles. The number of aromatic hydroxyl groups is 1. The number of hydrogen-bond acceptors (Lipinski definition) is 8. The fraction of sp³-hybridized carbons (Fsp3) is 0.357. The first-order chi connectivity index (χ1) is 13.0. The number of nitrogens with one attached hydrogen (secondary N) is 1. The number of carbonyl (C=O) groups excluding carboxylic acids is 2. The second-order valence-electron chi connectivity index (χ2n) is 6.21. The van der Waals surface area contributed by atoms with Gasteiger partial charge < -0.3 is 20.5 Å². The van der Waals surface area contributed by atoms with Crippen molar-refractivity contribution in [1.82, 2.24) is 20.0 Å². The van der Waals surface area contributed by atoms with Crippen molar-refractivity contribution in [3.8, 4) is 5.75 Å². The fourth-order valence-corrected chi connectivity index (χ4v) is 3.35. The molecule has 3 heterocycles. The largest absolute Gasteiger partial charge is 0.503 e. The molecule has 1 aromatic heterocycles. The molecule has 0 spiro atoms. The third-order valence-corrected chi connectivity index (χ3v) is 4.69. The van der Waals surface area contributed by atoms with Gasteiger partial charge in [0.2, 0.25) is 11.3 Å². The molecule has 1 saturated heterocycles. The van der Waals surface area contributed by atoms with E-state index >= 15 is 0 Å². The summed E-state index contributed by atoms with van der Waals surface area (Å²) in [6, 6.07) is -1.90. The lowest BCUT2D eigenvalue weighted by molar-refractivity contribution is -0.124. The number of carbonyl (C=O) groups is 2. The maximum absolute atomic E-state index is 12.5. The molecule has 0 aromatic carbocycles. The van der Waals surface area contributed by atoms with Crippen LogP contribution in [0.1, 0.15) is 12.6 Å². The number of nitrogens with zero attached hydrogens (tertiary/aromatic N) is 3. The first-order valence-electron chi connectivity index (χ1n) is 7.84. The van der Waals surface area contributed by atoms with Crippen molar-refractivity contribution in [2.24, 2.45) is 0 Å². The molecule has 1 aromatic rings. The monoisotopic (exact) mass is 416 g/mol. The highest BCUT2D eigenvalue weighted by Gasteiger charge is 2.49. The highest BCUT2D eigenvalue weighted by atomic mass is 32.3. The van der Waals surface area contributed by atoms with Crippen LogP contribution in [0.4, 0.5) is 4.79 Å². The quantitative estimate of drug-likeness (QED) is 0.254. The van der Waals surface area contributed by atoms with E-state index in [4.69, 9.17) is 4.55 Å². The lowest BCUT2D eigenvalue weighted by Crippen LogP contribution is -2.48. The van der Waals surface area contributed by atoms with Gasteiger partial charge in [-0.1, -0.05) is 6.08 Å². The van der Waals surface area contributed by atoms with Crippen LogP contribution in [0.3, 0.4) is 0 Å². The van der Waals surface area contributed by atoms with E-state index in [2.05, 4.69) is 9.60 Å². The van der Waals surface area contributed by atoms with Gasteiger partial charge in [-0.05, 0) is 12.5 Å². The minimum Gasteiger partial charge on any atom is -0.503 e. The summed E-state index contributed by atoms with van der Waals surface area (Å²) in [5, 5.41) is 21.8. The number of aromatic nitrogens is 1. The van der Waals surface area contributed by atoms with Crippen molar-refractivity contribution in [2.75, 3.05) is 6.54 Å². The smallest absolute Gasteiger partial charge is 0.418 e. The van der Waals surface area contributed by atoms with E-state index in [1.807, 2.05) is 0 Å². The maximum atomic E-state index is 12.5. The van der Waals surface area contributed by atoms with Crippen LogP contribution < -0.4 is 10.7 Å². The molecule has 2 atom stereocenters. The predicted molar refractivity (Wildman–Crippen MR) is 89.3 cm³/mol. The Morgan fingerprint density at radius 2 is 2.07 bits per heavy atom. The zero-order chi connectivity index (χ0) is 20.8. The summed E-state index contributed by atoms with van der Waals surface area (Å²) < 4.78 is 35.5. The normalized spacial score (nSPS) is 21.6. The lowest BCUT2D eigenvalue weighted by Gasteiger charge is -2.27. The molecule has 3 amide bonds. The molecular weight excluding hydrogens is 400 g/mol. The predicted octanol–water partition coefficient (Wildman–Crippen LogP) is -1.42. The Morgan fingerprint density at radius 1 is 1.39 bits per heavy atom. The van der Waals surface area contributed by atoms with Crippen LogP contribution in [0.5, 0.6) is 5.75 Å². The van der Waals surface area contributed by atoms with Crippen molar-refractivity contribution in [3.05, 3.63) is 39.8 Å². The fourth-order valence-electron chi connectivity index (χ4n) is 2.98. The molecule has 0 unspecified atom stereocenters. The summed E-state index contributed by atoms with van der Waals surface area (Å²) in [6.07, 6.45) is 2.20. The van der Waals surface area contributed by atoms with Crippen LogP contribution in [-0.4, -0.2) is 68.5 Å². The summed E-state index contributed by atoms with van der Waals surface area (Å²) in [5.74, 6) is -1.34. The van der Waals surface area contributed by atoms with Gasteiger partial charge in [0, 0.05) is 6.07 Å². The highest BCUT2D eigenvalue weighted by molar-refractivity contribution is 7.80. The summed E-state index contributed by atoms with van der Waals surface area (Å²) in [5.41, 5.74) is -0.303. The van der Waals surface area contributed by atoms with Crippen molar-refractivity contribution < 1.29 is 37.2 Å². The molecule has 2 aliphatic rings. The van der Waals surface area contributed by atoms with Crippen molar-refractivity contribution in [2.45, 2.75) is 25.6 Å². The number of pyridine rings is 1. The number of hydroxylamine groups is 2. The minimum atomic E-state index is -4.93. The SMILES string of the molecule is CC1=C[C@@H](C(=O)NCc2cc(=O)c(O)cn2O)N2C[C@@H]1N(OS(=O)(=O)O)C2=O. The Balaban J connectivity index is 1.75. The van der Waals surface area contributed by atoms with Gasteiger partial charge in [-0.25, -0.2) is 4.79 Å². The van der Waals surface area contributed by atoms with Gasteiger partial charge in [0.15, 0.2) is 5.75 Å². The maximum Gasteiger partial charge on any atom is 0.418 e. The number of hydrogen-bond donors (Lipinski definition) is 4. The molecule has 2 bridgehead atoms. The molecule has 152 valence electrons. The van der Waals surface area contributed by atoms with Crippen LogP contribution >= 0.6 is 0 Å². The van der Waals surface area contributed by atoms with E-state index in [0.29, 0.717) is 15.4 Å². The Morgan fingerprint density at radius 3 is 2.71 bits per heavy atom. The van der Waals surface area contributed by atoms with E-state index in [1.54, 1.807) is 6.92 Å². The Kier molecular flexibility index (Phi) is 4.78. The molecule has 13 nitrogen and oxygen atoms in total. The molecule has 14 heteroatoms. The Bertz CT molecular complexity index is 1030. The van der Waals surface area contributed by atoms with Gasteiger partial charge in [0.1, 0.15) is 12.1 Å². The van der Waals surface area contributed by atoms with Gasteiger partial charge in [-0.3, -0.25) is 14.1 Å². The number of urea groups is 1. The Hall–Kier alpha value is -3.10. The summed E-state index contributed by atoms with van der Waals surface area (Å²) in [6.45, 7) is 1.23. The van der Waals surface area contributed by atoms with E-state index in [9.17, 15) is 33.1 Å². The van der Waals surface area contributed by atoms with Crippen LogP contribution in [0.25, 0.3) is 0 Å². The molecule has 1 fully saturated rings. The summed E-state index contributed by atoms with van der Waals surface area (Å²) >= 11 is 0. The van der Waals surface area contributed by atoms with Gasteiger partial charge in [-0.2, -0.15) is 18.2 Å². The zero-order valence-corrected chi connectivity index (χ0v) is 15.2. The van der Waals surface area contributed by atoms with Crippen molar-refractivity contribution in [3.63, 3.8) is 0 Å². The van der Waals surface area contributed by atoms with E-state index in [1.165, 1.54) is 6.08 Å². The molecular formula is C14H16N4O9S. The molecule has 0 radical (unpaired) electrons. The highest BCUT2D eigenvalue weighted by Crippen LogP contribution is 2.30. The Labute approximate surface area is 157 Å². The van der Waals surface area contributed by atoms with Crippen molar-refractivity contribution >= 4 is 22.3 Å². The number of rotatable bonds is 5. The second kappa shape index (κ2) is 6.81. The topological polar surface area (TPSA) is 179 Å². The van der Waals surface area contributed by atoms with Crippen molar-refractivity contribution in [1.29, 1.82) is 0 Å². The summed E-state index contributed by atoms with van der Waals surface area (Å²) in [7, 11) is -4.93. The van der Waals surface area contributed by atoms with Gasteiger partial charge in [0.25, 0.3) is 0 Å². The van der Waals surface area contributed by atoms with Crippen LogP contribution in [0.2, 0.25) is 0 Å². The van der Waals surface area contributed by atoms with Crippen LogP contribution in [0.15, 0.2) is 28.7 Å².